The summed E-state index contributed by atoms with van der Waals surface area (Å²) in [5.41, 5.74) is -0.306. The van der Waals surface area contributed by atoms with Gasteiger partial charge in [-0.15, -0.1) is 22.9 Å². The lowest BCUT2D eigenvalue weighted by Gasteiger charge is -2.04. The number of halogens is 1. The molecular weight excluding hydrogens is 304 g/mol. The summed E-state index contributed by atoms with van der Waals surface area (Å²) in [4.78, 5) is 40.2. The highest BCUT2D eigenvalue weighted by molar-refractivity contribution is 7.13. The number of carbonyl (C=O) groups is 1. The van der Waals surface area contributed by atoms with Gasteiger partial charge >= 0.3 is 5.69 Å². The number of aryl methyl sites for hydroxylation is 1. The molecule has 1 amide bonds. The fourth-order valence-electron chi connectivity index (χ4n) is 1.45. The fourth-order valence-corrected chi connectivity index (χ4v) is 2.40. The molecule has 0 spiro atoms. The highest BCUT2D eigenvalue weighted by Crippen LogP contribution is 2.16. The molecule has 2 N–H and O–H groups in total. The van der Waals surface area contributed by atoms with Crippen molar-refractivity contribution in [3.8, 4) is 0 Å². The molecule has 0 bridgehead atoms. The lowest BCUT2D eigenvalue weighted by Crippen LogP contribution is -2.29. The van der Waals surface area contributed by atoms with Crippen LogP contribution in [0.25, 0.3) is 0 Å². The van der Waals surface area contributed by atoms with Crippen molar-refractivity contribution in [1.29, 1.82) is 0 Å². The minimum Gasteiger partial charge on any atom is -0.302 e. The van der Waals surface area contributed by atoms with E-state index in [4.69, 9.17) is 11.6 Å². The van der Waals surface area contributed by atoms with Gasteiger partial charge < -0.3 is 9.88 Å². The number of rotatable bonds is 5. The molecule has 0 unspecified atom stereocenters. The normalized spacial score (nSPS) is 10.4. The number of thiazole rings is 1. The predicted molar refractivity (Wildman–Crippen MR) is 76.2 cm³/mol. The Hall–Kier alpha value is -1.93. The fraction of sp³-hybridized carbons (Fsp3) is 0.273. The number of nitrogens with zero attached hydrogens (tertiary/aromatic N) is 2. The summed E-state index contributed by atoms with van der Waals surface area (Å²) in [6.45, 7) is 0.176. The van der Waals surface area contributed by atoms with Gasteiger partial charge in [-0.1, -0.05) is 0 Å². The maximum absolute atomic E-state index is 11.7. The summed E-state index contributed by atoms with van der Waals surface area (Å²) in [5, 5.41) is 4.85. The standard InChI is InChI=1S/C11H11ClN4O3S/c12-5-7-6-20-10(13-7)14-8(17)1-3-16-4-2-9(18)15-11(16)19/h2,4,6H,1,3,5H2,(H,13,14,17)(H,15,18,19). The zero-order valence-electron chi connectivity index (χ0n) is 10.3. The molecule has 0 aliphatic heterocycles. The van der Waals surface area contributed by atoms with E-state index in [0.717, 1.165) is 0 Å². The van der Waals surface area contributed by atoms with Crippen molar-refractivity contribution >= 4 is 34.0 Å². The van der Waals surface area contributed by atoms with Gasteiger partial charge in [0.05, 0.1) is 11.6 Å². The average molecular weight is 315 g/mol. The third-order valence-corrected chi connectivity index (χ3v) is 3.49. The van der Waals surface area contributed by atoms with Gasteiger partial charge in [-0.05, 0) is 0 Å². The molecule has 9 heteroatoms. The van der Waals surface area contributed by atoms with Crippen LogP contribution in [0.3, 0.4) is 0 Å². The van der Waals surface area contributed by atoms with E-state index in [-0.39, 0.29) is 18.9 Å². The predicted octanol–water partition coefficient (Wildman–Crippen LogP) is 0.761. The van der Waals surface area contributed by atoms with Crippen molar-refractivity contribution in [2.75, 3.05) is 5.32 Å². The Balaban J connectivity index is 1.92. The molecule has 106 valence electrons. The largest absolute Gasteiger partial charge is 0.328 e. The van der Waals surface area contributed by atoms with Crippen molar-refractivity contribution in [2.24, 2.45) is 0 Å². The lowest BCUT2D eigenvalue weighted by atomic mass is 10.4. The lowest BCUT2D eigenvalue weighted by molar-refractivity contribution is -0.116. The third-order valence-electron chi connectivity index (χ3n) is 2.41. The highest BCUT2D eigenvalue weighted by Gasteiger charge is 2.07. The van der Waals surface area contributed by atoms with E-state index in [9.17, 15) is 14.4 Å². The van der Waals surface area contributed by atoms with E-state index in [1.807, 2.05) is 0 Å². The number of hydrogen-bond acceptors (Lipinski definition) is 5. The van der Waals surface area contributed by atoms with E-state index in [0.29, 0.717) is 16.7 Å². The Morgan fingerprint density at radius 3 is 2.95 bits per heavy atom. The highest BCUT2D eigenvalue weighted by atomic mass is 35.5. The number of aromatic nitrogens is 3. The Morgan fingerprint density at radius 1 is 1.50 bits per heavy atom. The quantitative estimate of drug-likeness (QED) is 0.796. The molecule has 0 atom stereocenters. The minimum absolute atomic E-state index is 0.0989. The van der Waals surface area contributed by atoms with Gasteiger partial charge in [0.15, 0.2) is 5.13 Å². The average Bonchev–Trinajstić information content (AvgIpc) is 2.85. The Bertz CT molecular complexity index is 721. The summed E-state index contributed by atoms with van der Waals surface area (Å²) in [6, 6.07) is 1.23. The van der Waals surface area contributed by atoms with E-state index >= 15 is 0 Å². The first-order valence-corrected chi connectivity index (χ1v) is 7.10. The van der Waals surface area contributed by atoms with Crippen LogP contribution in [0.2, 0.25) is 0 Å². The third kappa shape index (κ3) is 3.78. The first-order chi connectivity index (χ1) is 9.58. The number of carbonyl (C=O) groups excluding carboxylic acids is 1. The number of H-pyrrole nitrogens is 1. The molecule has 0 aromatic carbocycles. The van der Waals surface area contributed by atoms with Crippen molar-refractivity contribution in [3.63, 3.8) is 0 Å². The van der Waals surface area contributed by atoms with Crippen LogP contribution >= 0.6 is 22.9 Å². The monoisotopic (exact) mass is 314 g/mol. The first-order valence-electron chi connectivity index (χ1n) is 5.68. The maximum Gasteiger partial charge on any atom is 0.328 e. The molecule has 2 aromatic rings. The van der Waals surface area contributed by atoms with Crippen LogP contribution in [0.15, 0.2) is 27.2 Å². The van der Waals surface area contributed by atoms with Crippen molar-refractivity contribution < 1.29 is 4.79 Å². The molecule has 2 heterocycles. The summed E-state index contributed by atoms with van der Waals surface area (Å²) < 4.78 is 1.26. The van der Waals surface area contributed by atoms with Crippen molar-refractivity contribution in [2.45, 2.75) is 18.8 Å². The number of aromatic amines is 1. The molecule has 0 saturated heterocycles. The summed E-state index contributed by atoms with van der Waals surface area (Å²) in [7, 11) is 0. The van der Waals surface area contributed by atoms with Gasteiger partial charge in [0.2, 0.25) is 5.91 Å². The smallest absolute Gasteiger partial charge is 0.302 e. The number of nitrogens with one attached hydrogen (secondary N) is 2. The zero-order valence-corrected chi connectivity index (χ0v) is 11.8. The Kier molecular flexibility index (Phi) is 4.70. The van der Waals surface area contributed by atoms with Gasteiger partial charge in [-0.25, -0.2) is 9.78 Å². The summed E-state index contributed by atoms with van der Waals surface area (Å²) in [5.74, 6) is 0.0256. The number of amides is 1. The maximum atomic E-state index is 11.7. The number of alkyl halides is 1. The molecule has 7 nitrogen and oxygen atoms in total. The Morgan fingerprint density at radius 2 is 2.30 bits per heavy atom. The van der Waals surface area contributed by atoms with Crippen molar-refractivity contribution in [1.82, 2.24) is 14.5 Å². The first kappa shape index (κ1) is 14.5. The van der Waals surface area contributed by atoms with Crippen LogP contribution < -0.4 is 16.6 Å². The number of hydrogen-bond donors (Lipinski definition) is 2. The minimum atomic E-state index is -0.538. The molecule has 0 aliphatic carbocycles. The van der Waals surface area contributed by atoms with Gasteiger partial charge in [-0.2, -0.15) is 0 Å². The summed E-state index contributed by atoms with van der Waals surface area (Å²) >= 11 is 6.90. The molecule has 2 aromatic heterocycles. The van der Waals surface area contributed by atoms with Crippen molar-refractivity contribution in [3.05, 3.63) is 44.2 Å². The van der Waals surface area contributed by atoms with E-state index in [1.54, 1.807) is 5.38 Å². The molecule has 20 heavy (non-hydrogen) atoms. The second kappa shape index (κ2) is 6.49. The van der Waals surface area contributed by atoms with Gasteiger partial charge in [0.25, 0.3) is 5.56 Å². The number of anilines is 1. The Labute approximate surface area is 122 Å². The molecule has 0 fully saturated rings. The molecule has 0 aliphatic rings. The van der Waals surface area contributed by atoms with Crippen LogP contribution in [-0.4, -0.2) is 20.4 Å². The van der Waals surface area contributed by atoms with E-state index in [1.165, 1.54) is 28.2 Å². The molecule has 0 saturated carbocycles. The molecule has 0 radical (unpaired) electrons. The van der Waals surface area contributed by atoms with E-state index < -0.39 is 11.2 Å². The second-order valence-corrected chi connectivity index (χ2v) is 5.00. The molecule has 2 rings (SSSR count). The van der Waals surface area contributed by atoms with Crippen LogP contribution in [0.1, 0.15) is 12.1 Å². The topological polar surface area (TPSA) is 96.9 Å². The van der Waals surface area contributed by atoms with Crippen LogP contribution in [-0.2, 0) is 17.2 Å². The summed E-state index contributed by atoms with van der Waals surface area (Å²) in [6.07, 6.45) is 1.45. The molecular formula is C11H11ClN4O3S. The second-order valence-electron chi connectivity index (χ2n) is 3.88. The van der Waals surface area contributed by atoms with Crippen LogP contribution in [0, 0.1) is 0 Å². The van der Waals surface area contributed by atoms with Crippen LogP contribution in [0.4, 0.5) is 5.13 Å². The van der Waals surface area contributed by atoms with Gasteiger partial charge in [-0.3, -0.25) is 14.6 Å². The zero-order chi connectivity index (χ0) is 14.5. The SMILES string of the molecule is O=C(CCn1ccc(=O)[nH]c1=O)Nc1nc(CCl)cs1. The van der Waals surface area contributed by atoms with Gasteiger partial charge in [0, 0.05) is 30.6 Å². The van der Waals surface area contributed by atoms with E-state index in [2.05, 4.69) is 15.3 Å². The van der Waals surface area contributed by atoms with Crippen LogP contribution in [0.5, 0.6) is 0 Å². The van der Waals surface area contributed by atoms with Gasteiger partial charge in [0.1, 0.15) is 0 Å².